The highest BCUT2D eigenvalue weighted by atomic mass is 16.5. The van der Waals surface area contributed by atoms with E-state index >= 15 is 0 Å². The van der Waals surface area contributed by atoms with Gasteiger partial charge < -0.3 is 10.1 Å². The summed E-state index contributed by atoms with van der Waals surface area (Å²) in [7, 11) is 3.61. The standard InChI is InChI=1S/C22H30N2O2/c1-22(2,3)19-10-6-18(7-11-19)15-24(4)16-21(25)23-14-17-8-12-20(26-5)13-9-17/h6-13H,14-16H2,1-5H3,(H,23,25). The summed E-state index contributed by atoms with van der Waals surface area (Å²) in [5.41, 5.74) is 3.75. The van der Waals surface area contributed by atoms with Crippen molar-refractivity contribution in [3.8, 4) is 5.75 Å². The second-order valence-corrected chi connectivity index (χ2v) is 7.74. The van der Waals surface area contributed by atoms with Gasteiger partial charge in [0.15, 0.2) is 0 Å². The Bertz CT molecular complexity index is 700. The minimum absolute atomic E-state index is 0.0228. The molecule has 0 aliphatic carbocycles. The van der Waals surface area contributed by atoms with Crippen molar-refractivity contribution in [2.45, 2.75) is 39.3 Å². The molecule has 2 aromatic carbocycles. The second-order valence-electron chi connectivity index (χ2n) is 7.74. The molecular weight excluding hydrogens is 324 g/mol. The quantitative estimate of drug-likeness (QED) is 0.823. The Morgan fingerprint density at radius 1 is 1.00 bits per heavy atom. The lowest BCUT2D eigenvalue weighted by Gasteiger charge is -2.20. The fourth-order valence-corrected chi connectivity index (χ4v) is 2.72. The molecule has 4 heteroatoms. The number of carbonyl (C=O) groups is 1. The van der Waals surface area contributed by atoms with Gasteiger partial charge in [0, 0.05) is 13.1 Å². The largest absolute Gasteiger partial charge is 0.497 e. The van der Waals surface area contributed by atoms with Gasteiger partial charge in [-0.15, -0.1) is 0 Å². The fraction of sp³-hybridized carbons (Fsp3) is 0.409. The molecule has 0 unspecified atom stereocenters. The Morgan fingerprint density at radius 2 is 1.58 bits per heavy atom. The normalized spacial score (nSPS) is 11.5. The average Bonchev–Trinajstić information content (AvgIpc) is 2.60. The monoisotopic (exact) mass is 354 g/mol. The predicted molar refractivity (Wildman–Crippen MR) is 106 cm³/mol. The second kappa shape index (κ2) is 8.86. The number of hydrogen-bond donors (Lipinski definition) is 1. The Morgan fingerprint density at radius 3 is 2.12 bits per heavy atom. The fourth-order valence-electron chi connectivity index (χ4n) is 2.72. The molecule has 0 saturated carbocycles. The van der Waals surface area contributed by atoms with Crippen LogP contribution in [0.5, 0.6) is 5.75 Å². The molecule has 0 aromatic heterocycles. The molecule has 26 heavy (non-hydrogen) atoms. The number of carbonyl (C=O) groups excluding carboxylic acids is 1. The highest BCUT2D eigenvalue weighted by Crippen LogP contribution is 2.22. The first-order valence-corrected chi connectivity index (χ1v) is 8.95. The smallest absolute Gasteiger partial charge is 0.234 e. The summed E-state index contributed by atoms with van der Waals surface area (Å²) in [6, 6.07) is 16.3. The molecule has 2 rings (SSSR count). The van der Waals surface area contributed by atoms with Gasteiger partial charge >= 0.3 is 0 Å². The maximum Gasteiger partial charge on any atom is 0.234 e. The summed E-state index contributed by atoms with van der Waals surface area (Å²) >= 11 is 0. The number of amides is 1. The molecular formula is C22H30N2O2. The number of rotatable bonds is 7. The number of likely N-dealkylation sites (N-methyl/N-ethyl adjacent to an activating group) is 1. The minimum Gasteiger partial charge on any atom is -0.497 e. The number of hydrogen-bond acceptors (Lipinski definition) is 3. The van der Waals surface area contributed by atoms with Gasteiger partial charge in [-0.25, -0.2) is 0 Å². The first kappa shape index (κ1) is 20.0. The van der Waals surface area contributed by atoms with Gasteiger partial charge in [0.25, 0.3) is 0 Å². The SMILES string of the molecule is COc1ccc(CNC(=O)CN(C)Cc2ccc(C(C)(C)C)cc2)cc1. The zero-order chi connectivity index (χ0) is 19.2. The van der Waals surface area contributed by atoms with Crippen LogP contribution in [0.1, 0.15) is 37.5 Å². The van der Waals surface area contributed by atoms with Crippen LogP contribution in [0.2, 0.25) is 0 Å². The summed E-state index contributed by atoms with van der Waals surface area (Å²) in [5.74, 6) is 0.840. The Balaban J connectivity index is 1.79. The number of benzene rings is 2. The van der Waals surface area contributed by atoms with Crippen LogP contribution in [0.4, 0.5) is 0 Å². The summed E-state index contributed by atoms with van der Waals surface area (Å²) < 4.78 is 5.14. The van der Waals surface area contributed by atoms with Crippen molar-refractivity contribution in [2.75, 3.05) is 20.7 Å². The number of nitrogens with zero attached hydrogens (tertiary/aromatic N) is 1. The highest BCUT2D eigenvalue weighted by molar-refractivity contribution is 5.77. The van der Waals surface area contributed by atoms with Gasteiger partial charge in [0.05, 0.1) is 13.7 Å². The van der Waals surface area contributed by atoms with E-state index in [1.54, 1.807) is 7.11 Å². The molecule has 1 N–H and O–H groups in total. The molecule has 0 fully saturated rings. The van der Waals surface area contributed by atoms with Crippen LogP contribution in [-0.4, -0.2) is 31.5 Å². The predicted octanol–water partition coefficient (Wildman–Crippen LogP) is 3.74. The van der Waals surface area contributed by atoms with Gasteiger partial charge in [-0.3, -0.25) is 9.69 Å². The first-order chi connectivity index (χ1) is 12.3. The molecule has 4 nitrogen and oxygen atoms in total. The lowest BCUT2D eigenvalue weighted by atomic mass is 9.87. The summed E-state index contributed by atoms with van der Waals surface area (Å²) in [6.45, 7) is 8.28. The van der Waals surface area contributed by atoms with Crippen molar-refractivity contribution < 1.29 is 9.53 Å². The third-order valence-electron chi connectivity index (χ3n) is 4.33. The maximum absolute atomic E-state index is 12.1. The van der Waals surface area contributed by atoms with E-state index in [0.717, 1.165) is 17.9 Å². The molecule has 0 radical (unpaired) electrons. The van der Waals surface area contributed by atoms with E-state index in [1.165, 1.54) is 11.1 Å². The Labute approximate surface area is 157 Å². The van der Waals surface area contributed by atoms with E-state index in [-0.39, 0.29) is 11.3 Å². The third-order valence-corrected chi connectivity index (χ3v) is 4.33. The molecule has 0 saturated heterocycles. The lowest BCUT2D eigenvalue weighted by molar-refractivity contribution is -0.122. The van der Waals surface area contributed by atoms with Crippen LogP contribution < -0.4 is 10.1 Å². The molecule has 0 aliphatic heterocycles. The van der Waals surface area contributed by atoms with E-state index in [4.69, 9.17) is 4.74 Å². The van der Waals surface area contributed by atoms with E-state index in [2.05, 4.69) is 50.4 Å². The van der Waals surface area contributed by atoms with E-state index in [0.29, 0.717) is 13.1 Å². The molecule has 0 bridgehead atoms. The topological polar surface area (TPSA) is 41.6 Å². The average molecular weight is 354 g/mol. The lowest BCUT2D eigenvalue weighted by Crippen LogP contribution is -2.34. The van der Waals surface area contributed by atoms with Crippen LogP contribution >= 0.6 is 0 Å². The summed E-state index contributed by atoms with van der Waals surface area (Å²) in [5, 5.41) is 2.96. The van der Waals surface area contributed by atoms with Crippen LogP contribution in [0.25, 0.3) is 0 Å². The molecule has 0 atom stereocenters. The number of nitrogens with one attached hydrogen (secondary N) is 1. The van der Waals surface area contributed by atoms with E-state index in [9.17, 15) is 4.79 Å². The highest BCUT2D eigenvalue weighted by Gasteiger charge is 2.13. The number of ether oxygens (including phenoxy) is 1. The molecule has 0 spiro atoms. The van der Waals surface area contributed by atoms with E-state index < -0.39 is 0 Å². The van der Waals surface area contributed by atoms with Crippen molar-refractivity contribution in [3.05, 3.63) is 65.2 Å². The van der Waals surface area contributed by atoms with Crippen LogP contribution in [0.15, 0.2) is 48.5 Å². The zero-order valence-electron chi connectivity index (χ0n) is 16.5. The van der Waals surface area contributed by atoms with Crippen molar-refractivity contribution in [3.63, 3.8) is 0 Å². The van der Waals surface area contributed by atoms with Gasteiger partial charge in [-0.1, -0.05) is 57.2 Å². The summed E-state index contributed by atoms with van der Waals surface area (Å²) in [4.78, 5) is 14.2. The van der Waals surface area contributed by atoms with Gasteiger partial charge in [-0.2, -0.15) is 0 Å². The molecule has 0 heterocycles. The summed E-state index contributed by atoms with van der Waals surface area (Å²) in [6.07, 6.45) is 0. The third kappa shape index (κ3) is 6.19. The van der Waals surface area contributed by atoms with Crippen LogP contribution in [0.3, 0.4) is 0 Å². The molecule has 1 amide bonds. The maximum atomic E-state index is 12.1. The van der Waals surface area contributed by atoms with Crippen molar-refractivity contribution in [1.29, 1.82) is 0 Å². The zero-order valence-corrected chi connectivity index (χ0v) is 16.5. The van der Waals surface area contributed by atoms with Crippen molar-refractivity contribution in [2.24, 2.45) is 0 Å². The number of methoxy groups -OCH3 is 1. The van der Waals surface area contributed by atoms with Gasteiger partial charge in [0.1, 0.15) is 5.75 Å². The molecule has 0 aliphatic rings. The van der Waals surface area contributed by atoms with Crippen LogP contribution in [-0.2, 0) is 23.3 Å². The van der Waals surface area contributed by atoms with Gasteiger partial charge in [-0.05, 0) is 41.3 Å². The Hall–Kier alpha value is -2.33. The van der Waals surface area contributed by atoms with E-state index in [1.807, 2.05) is 36.2 Å². The van der Waals surface area contributed by atoms with Crippen LogP contribution in [0, 0.1) is 0 Å². The molecule has 140 valence electrons. The van der Waals surface area contributed by atoms with Crippen molar-refractivity contribution in [1.82, 2.24) is 10.2 Å². The van der Waals surface area contributed by atoms with Gasteiger partial charge in [0.2, 0.25) is 5.91 Å². The minimum atomic E-state index is 0.0228. The van der Waals surface area contributed by atoms with Crippen molar-refractivity contribution >= 4 is 5.91 Å². The molecule has 2 aromatic rings. The first-order valence-electron chi connectivity index (χ1n) is 8.95. The Kier molecular flexibility index (Phi) is 6.81.